The van der Waals surface area contributed by atoms with Crippen LogP contribution in [0.5, 0.6) is 0 Å². The Labute approximate surface area is 129 Å². The molecule has 0 bridgehead atoms. The molecule has 7 nitrogen and oxygen atoms in total. The maximum absolute atomic E-state index is 11.4. The molecule has 0 aliphatic heterocycles. The summed E-state index contributed by atoms with van der Waals surface area (Å²) in [7, 11) is 0. The Morgan fingerprint density at radius 2 is 2.23 bits per heavy atom. The van der Waals surface area contributed by atoms with E-state index in [-0.39, 0.29) is 12.3 Å². The fourth-order valence-electron chi connectivity index (χ4n) is 2.15. The van der Waals surface area contributed by atoms with Gasteiger partial charge in [-0.05, 0) is 24.3 Å². The maximum Gasteiger partial charge on any atom is 0.301 e. The fourth-order valence-corrected chi connectivity index (χ4v) is 2.87. The number of nitro groups is 1. The van der Waals surface area contributed by atoms with Gasteiger partial charge in [-0.3, -0.25) is 15.1 Å². The van der Waals surface area contributed by atoms with Crippen LogP contribution in [0.25, 0.3) is 10.9 Å². The normalized spacial score (nSPS) is 10.8. The minimum atomic E-state index is -0.409. The molecule has 2 N–H and O–H groups in total. The predicted octanol–water partition coefficient (Wildman–Crippen LogP) is 2.70. The van der Waals surface area contributed by atoms with E-state index >= 15 is 0 Å². The number of hydrogen-bond donors (Lipinski definition) is 2. The summed E-state index contributed by atoms with van der Waals surface area (Å²) in [6.45, 7) is 0.246. The number of nitrogens with one attached hydrogen (secondary N) is 1. The summed E-state index contributed by atoms with van der Waals surface area (Å²) in [6, 6.07) is 6.74. The first-order valence-corrected chi connectivity index (χ1v) is 7.37. The van der Waals surface area contributed by atoms with Crippen molar-refractivity contribution >= 4 is 33.6 Å². The van der Waals surface area contributed by atoms with Crippen LogP contribution >= 0.6 is 11.3 Å². The molecule has 0 aliphatic rings. The van der Waals surface area contributed by atoms with Gasteiger partial charge >= 0.3 is 5.69 Å². The first-order chi connectivity index (χ1) is 10.7. The second-order valence-corrected chi connectivity index (χ2v) is 5.48. The molecule has 8 heteroatoms. The number of anilines is 1. The Morgan fingerprint density at radius 3 is 2.95 bits per heavy atom. The molecule has 0 aliphatic carbocycles. The van der Waals surface area contributed by atoms with E-state index in [1.807, 2.05) is 0 Å². The number of nitrogens with zero attached hydrogens (tertiary/aromatic N) is 3. The standard InChI is InChI=1S/C14H12N4O3S/c19-7-9-8-22-13(17-9)6-16-12-4-3-11-10(2-1-5-15-11)14(12)18(20)21/h1-5,8,16,19H,6-7H2. The number of aliphatic hydroxyl groups excluding tert-OH is 1. The van der Waals surface area contributed by atoms with Gasteiger partial charge in [0.05, 0.1) is 34.7 Å². The maximum atomic E-state index is 11.4. The number of fused-ring (bicyclic) bond motifs is 1. The molecule has 0 spiro atoms. The van der Waals surface area contributed by atoms with E-state index in [2.05, 4.69) is 15.3 Å². The lowest BCUT2D eigenvalue weighted by atomic mass is 10.1. The minimum Gasteiger partial charge on any atom is -0.390 e. The van der Waals surface area contributed by atoms with E-state index in [1.165, 1.54) is 11.3 Å². The molecule has 0 saturated carbocycles. The fraction of sp³-hybridized carbons (Fsp3) is 0.143. The van der Waals surface area contributed by atoms with Crippen LogP contribution in [0.2, 0.25) is 0 Å². The van der Waals surface area contributed by atoms with Crippen molar-refractivity contribution < 1.29 is 10.0 Å². The van der Waals surface area contributed by atoms with Crippen molar-refractivity contribution in [2.24, 2.45) is 0 Å². The van der Waals surface area contributed by atoms with Gasteiger partial charge in [-0.1, -0.05) is 0 Å². The zero-order chi connectivity index (χ0) is 15.5. The zero-order valence-corrected chi connectivity index (χ0v) is 12.2. The number of pyridine rings is 1. The summed E-state index contributed by atoms with van der Waals surface area (Å²) in [6.07, 6.45) is 1.60. The van der Waals surface area contributed by atoms with Gasteiger partial charge in [0, 0.05) is 11.6 Å². The first-order valence-electron chi connectivity index (χ1n) is 6.49. The molecule has 0 radical (unpaired) electrons. The molecular weight excluding hydrogens is 304 g/mol. The van der Waals surface area contributed by atoms with Crippen molar-refractivity contribution in [3.63, 3.8) is 0 Å². The number of nitro benzene ring substituents is 1. The van der Waals surface area contributed by atoms with E-state index in [0.29, 0.717) is 28.8 Å². The minimum absolute atomic E-state index is 0.00420. The lowest BCUT2D eigenvalue weighted by Crippen LogP contribution is -2.03. The molecule has 112 valence electrons. The molecule has 1 aromatic carbocycles. The SMILES string of the molecule is O=[N+]([O-])c1c(NCc2nc(CO)cs2)ccc2ncccc12. The average Bonchev–Trinajstić information content (AvgIpc) is 3.00. The highest BCUT2D eigenvalue weighted by atomic mass is 32.1. The topological polar surface area (TPSA) is 101 Å². The largest absolute Gasteiger partial charge is 0.390 e. The molecular formula is C14H12N4O3S. The number of aliphatic hydroxyl groups is 1. The molecule has 22 heavy (non-hydrogen) atoms. The summed E-state index contributed by atoms with van der Waals surface area (Å²) >= 11 is 1.40. The molecule has 0 saturated heterocycles. The van der Waals surface area contributed by atoms with Gasteiger partial charge in [0.15, 0.2) is 0 Å². The molecule has 3 aromatic rings. The number of thiazole rings is 1. The highest BCUT2D eigenvalue weighted by molar-refractivity contribution is 7.09. The third-order valence-electron chi connectivity index (χ3n) is 3.13. The van der Waals surface area contributed by atoms with Crippen molar-refractivity contribution in [2.75, 3.05) is 5.32 Å². The van der Waals surface area contributed by atoms with Crippen molar-refractivity contribution in [3.05, 3.63) is 56.7 Å². The summed E-state index contributed by atoms with van der Waals surface area (Å²) < 4.78 is 0. The highest BCUT2D eigenvalue weighted by Gasteiger charge is 2.18. The lowest BCUT2D eigenvalue weighted by Gasteiger charge is -2.07. The van der Waals surface area contributed by atoms with E-state index in [9.17, 15) is 10.1 Å². The van der Waals surface area contributed by atoms with Crippen molar-refractivity contribution in [3.8, 4) is 0 Å². The van der Waals surface area contributed by atoms with E-state index < -0.39 is 4.92 Å². The van der Waals surface area contributed by atoms with Gasteiger partial charge in [-0.25, -0.2) is 4.98 Å². The third-order valence-corrected chi connectivity index (χ3v) is 4.03. The van der Waals surface area contributed by atoms with Gasteiger partial charge in [0.25, 0.3) is 0 Å². The Bertz CT molecular complexity index is 834. The second-order valence-electron chi connectivity index (χ2n) is 4.53. The Morgan fingerprint density at radius 1 is 1.36 bits per heavy atom. The Kier molecular flexibility index (Phi) is 3.94. The van der Waals surface area contributed by atoms with Gasteiger partial charge in [-0.15, -0.1) is 11.3 Å². The van der Waals surface area contributed by atoms with Crippen LogP contribution in [0.1, 0.15) is 10.7 Å². The van der Waals surface area contributed by atoms with Crippen LogP contribution < -0.4 is 5.32 Å². The van der Waals surface area contributed by atoms with Crippen molar-refractivity contribution in [1.29, 1.82) is 0 Å². The molecule has 0 atom stereocenters. The molecule has 2 heterocycles. The molecule has 2 aromatic heterocycles. The van der Waals surface area contributed by atoms with Crippen LogP contribution in [0.4, 0.5) is 11.4 Å². The van der Waals surface area contributed by atoms with Gasteiger partial charge in [-0.2, -0.15) is 0 Å². The summed E-state index contributed by atoms with van der Waals surface area (Å²) in [5, 5.41) is 26.4. The number of benzene rings is 1. The van der Waals surface area contributed by atoms with Gasteiger partial charge in [0.1, 0.15) is 10.7 Å². The monoisotopic (exact) mass is 316 g/mol. The van der Waals surface area contributed by atoms with Crippen LogP contribution in [-0.2, 0) is 13.2 Å². The number of aromatic nitrogens is 2. The number of hydrogen-bond acceptors (Lipinski definition) is 7. The Hall–Kier alpha value is -2.58. The predicted molar refractivity (Wildman–Crippen MR) is 83.8 cm³/mol. The lowest BCUT2D eigenvalue weighted by molar-refractivity contribution is -0.382. The van der Waals surface area contributed by atoms with E-state index in [0.717, 1.165) is 5.01 Å². The second kappa shape index (κ2) is 6.04. The molecule has 0 fully saturated rings. The first kappa shape index (κ1) is 14.4. The third kappa shape index (κ3) is 2.74. The van der Waals surface area contributed by atoms with Gasteiger partial charge in [0.2, 0.25) is 0 Å². The molecule has 3 rings (SSSR count). The van der Waals surface area contributed by atoms with E-state index in [4.69, 9.17) is 5.11 Å². The highest BCUT2D eigenvalue weighted by Crippen LogP contribution is 2.32. The van der Waals surface area contributed by atoms with Crippen molar-refractivity contribution in [2.45, 2.75) is 13.2 Å². The summed E-state index contributed by atoms with van der Waals surface area (Å²) in [4.78, 5) is 19.3. The van der Waals surface area contributed by atoms with Crippen LogP contribution in [0.3, 0.4) is 0 Å². The quantitative estimate of drug-likeness (QED) is 0.554. The summed E-state index contributed by atoms with van der Waals surface area (Å²) in [5.41, 5.74) is 1.60. The van der Waals surface area contributed by atoms with Crippen LogP contribution in [0.15, 0.2) is 35.8 Å². The molecule has 0 amide bonds. The number of rotatable bonds is 5. The van der Waals surface area contributed by atoms with Crippen molar-refractivity contribution in [1.82, 2.24) is 9.97 Å². The van der Waals surface area contributed by atoms with Crippen LogP contribution in [-0.4, -0.2) is 20.0 Å². The average molecular weight is 316 g/mol. The summed E-state index contributed by atoms with van der Waals surface area (Å²) in [5.74, 6) is 0. The Balaban J connectivity index is 1.92. The van der Waals surface area contributed by atoms with Crippen LogP contribution in [0, 0.1) is 10.1 Å². The molecule has 0 unspecified atom stereocenters. The van der Waals surface area contributed by atoms with Gasteiger partial charge < -0.3 is 10.4 Å². The smallest absolute Gasteiger partial charge is 0.301 e. The van der Waals surface area contributed by atoms with E-state index in [1.54, 1.807) is 35.8 Å². The zero-order valence-electron chi connectivity index (χ0n) is 11.4.